The van der Waals surface area contributed by atoms with Gasteiger partial charge in [-0.3, -0.25) is 9.69 Å². The Hall–Kier alpha value is -1.79. The molecule has 5 fully saturated rings. The third kappa shape index (κ3) is 5.96. The first-order valence-electron chi connectivity index (χ1n) is 17.1. The number of likely N-dealkylation sites (tertiary alicyclic amines) is 1. The molecule has 1 heterocycles. The van der Waals surface area contributed by atoms with E-state index in [1.165, 1.54) is 76.2 Å². The van der Waals surface area contributed by atoms with Gasteiger partial charge in [-0.05, 0) is 125 Å². The van der Waals surface area contributed by atoms with E-state index in [9.17, 15) is 14.4 Å². The molecule has 0 spiro atoms. The number of esters is 1. The number of amides is 2. The smallest absolute Gasteiger partial charge is 0.411 e. The normalized spacial score (nSPS) is 40.4. The first-order chi connectivity index (χ1) is 19.8. The number of hydrogen-bond acceptors (Lipinski definition) is 5. The van der Waals surface area contributed by atoms with E-state index in [2.05, 4.69) is 26.1 Å². The van der Waals surface area contributed by atoms with Gasteiger partial charge in [0.25, 0.3) is 0 Å². The minimum Gasteiger partial charge on any atom is -0.467 e. The predicted molar refractivity (Wildman–Crippen MR) is 164 cm³/mol. The van der Waals surface area contributed by atoms with Crippen LogP contribution in [0, 0.1) is 46.3 Å². The van der Waals surface area contributed by atoms with Crippen molar-refractivity contribution in [2.45, 2.75) is 143 Å². The molecule has 0 aromatic rings. The maximum Gasteiger partial charge on any atom is 0.411 e. The molecule has 1 aliphatic heterocycles. The summed E-state index contributed by atoms with van der Waals surface area (Å²) in [5.74, 6) is 4.37. The second-order valence-corrected chi connectivity index (χ2v) is 16.3. The molecule has 0 radical (unpaired) electrons. The molecule has 238 valence electrons. The summed E-state index contributed by atoms with van der Waals surface area (Å²) in [5.41, 5.74) is 0.316. The van der Waals surface area contributed by atoms with Gasteiger partial charge in [0.1, 0.15) is 11.6 Å². The molecule has 5 aliphatic rings. The van der Waals surface area contributed by atoms with Gasteiger partial charge in [-0.25, -0.2) is 9.59 Å². The van der Waals surface area contributed by atoms with Crippen LogP contribution in [0.25, 0.3) is 0 Å². The molecule has 2 amide bonds. The molecule has 1 saturated heterocycles. The largest absolute Gasteiger partial charge is 0.467 e. The summed E-state index contributed by atoms with van der Waals surface area (Å²) in [6.07, 6.45) is 15.3. The van der Waals surface area contributed by atoms with Gasteiger partial charge in [-0.2, -0.15) is 0 Å². The lowest BCUT2D eigenvalue weighted by atomic mass is 9.44. The monoisotopic (exact) mass is 586 g/mol. The number of hydrogen-bond donors (Lipinski definition) is 1. The molecule has 4 aliphatic carbocycles. The molecule has 0 aromatic carbocycles. The van der Waals surface area contributed by atoms with E-state index < -0.39 is 23.7 Å². The number of fused-ring (bicyclic) bond motifs is 5. The van der Waals surface area contributed by atoms with Crippen LogP contribution >= 0.6 is 0 Å². The highest BCUT2D eigenvalue weighted by atomic mass is 16.6. The van der Waals surface area contributed by atoms with Crippen LogP contribution in [0.1, 0.15) is 125 Å². The van der Waals surface area contributed by atoms with E-state index in [1.54, 1.807) is 20.8 Å². The quantitative estimate of drug-likeness (QED) is 0.335. The van der Waals surface area contributed by atoms with Crippen molar-refractivity contribution in [1.82, 2.24) is 10.2 Å². The Morgan fingerprint density at radius 2 is 1.69 bits per heavy atom. The van der Waals surface area contributed by atoms with Crippen molar-refractivity contribution in [2.75, 3.05) is 13.7 Å². The first-order valence-corrected chi connectivity index (χ1v) is 17.1. The molecule has 7 heteroatoms. The van der Waals surface area contributed by atoms with Crippen molar-refractivity contribution in [3.63, 3.8) is 0 Å². The lowest BCUT2D eigenvalue weighted by Crippen LogP contribution is -2.53. The summed E-state index contributed by atoms with van der Waals surface area (Å²) in [7, 11) is 1.32. The lowest BCUT2D eigenvalue weighted by molar-refractivity contribution is -0.145. The van der Waals surface area contributed by atoms with Crippen LogP contribution < -0.4 is 5.32 Å². The number of nitrogens with zero attached hydrogens (tertiary/aromatic N) is 1. The summed E-state index contributed by atoms with van der Waals surface area (Å²) in [6.45, 7) is 13.3. The predicted octanol–water partition coefficient (Wildman–Crippen LogP) is 7.12. The van der Waals surface area contributed by atoms with E-state index >= 15 is 0 Å². The second-order valence-electron chi connectivity index (χ2n) is 16.3. The molecule has 0 aromatic heterocycles. The molecule has 4 saturated carbocycles. The van der Waals surface area contributed by atoms with E-state index in [1.807, 2.05) is 0 Å². The third-order valence-corrected chi connectivity index (χ3v) is 12.9. The molecule has 4 unspecified atom stereocenters. The fraction of sp³-hybridized carbons (Fsp3) is 0.914. The number of carbonyl (C=O) groups excluding carboxylic acids is 3. The Morgan fingerprint density at radius 1 is 0.952 bits per heavy atom. The number of rotatable bonds is 6. The topological polar surface area (TPSA) is 84.9 Å². The zero-order valence-corrected chi connectivity index (χ0v) is 27.5. The van der Waals surface area contributed by atoms with Crippen molar-refractivity contribution < 1.29 is 23.9 Å². The maximum atomic E-state index is 13.1. The van der Waals surface area contributed by atoms with Gasteiger partial charge in [-0.15, -0.1) is 0 Å². The minimum absolute atomic E-state index is 0.00783. The van der Waals surface area contributed by atoms with E-state index in [-0.39, 0.29) is 18.5 Å². The van der Waals surface area contributed by atoms with Crippen molar-refractivity contribution >= 4 is 18.0 Å². The molecular weight excluding hydrogens is 528 g/mol. The summed E-state index contributed by atoms with van der Waals surface area (Å²) < 4.78 is 10.5. The van der Waals surface area contributed by atoms with Gasteiger partial charge in [0.15, 0.2) is 0 Å². The number of methoxy groups -OCH3 is 1. The molecule has 42 heavy (non-hydrogen) atoms. The van der Waals surface area contributed by atoms with Gasteiger partial charge in [0.2, 0.25) is 5.91 Å². The zero-order chi connectivity index (χ0) is 30.4. The Bertz CT molecular complexity index is 1020. The van der Waals surface area contributed by atoms with Crippen LogP contribution in [-0.4, -0.2) is 54.2 Å². The number of carbonyl (C=O) groups is 3. The summed E-state index contributed by atoms with van der Waals surface area (Å²) in [5, 5.41) is 3.12. The highest BCUT2D eigenvalue weighted by molar-refractivity contribution is 5.83. The fourth-order valence-corrected chi connectivity index (χ4v) is 11.0. The van der Waals surface area contributed by atoms with Crippen LogP contribution in [-0.2, 0) is 19.1 Å². The van der Waals surface area contributed by atoms with Gasteiger partial charge >= 0.3 is 12.1 Å². The number of nitrogens with one attached hydrogen (secondary N) is 1. The molecule has 7 nitrogen and oxygen atoms in total. The molecule has 1 N–H and O–H groups in total. The summed E-state index contributed by atoms with van der Waals surface area (Å²) in [6, 6.07) is -1.03. The molecule has 0 bridgehead atoms. The average Bonchev–Trinajstić information content (AvgIpc) is 3.51. The second kappa shape index (κ2) is 12.0. The Morgan fingerprint density at radius 3 is 2.40 bits per heavy atom. The molecule has 5 rings (SSSR count). The van der Waals surface area contributed by atoms with Gasteiger partial charge in [0, 0.05) is 25.4 Å². The van der Waals surface area contributed by atoms with Crippen molar-refractivity contribution in [3.05, 3.63) is 0 Å². The van der Waals surface area contributed by atoms with Gasteiger partial charge in [0.05, 0.1) is 7.11 Å². The van der Waals surface area contributed by atoms with Crippen LogP contribution in [0.15, 0.2) is 0 Å². The summed E-state index contributed by atoms with van der Waals surface area (Å²) >= 11 is 0. The van der Waals surface area contributed by atoms with Crippen LogP contribution in [0.5, 0.6) is 0 Å². The lowest BCUT2D eigenvalue weighted by Gasteiger charge is -2.61. The fourth-order valence-electron chi connectivity index (χ4n) is 11.0. The molecule has 10 atom stereocenters. The highest BCUT2D eigenvalue weighted by Gasteiger charge is 2.60. The SMILES string of the molecule is COC(=O)[C@@H]1C[C@H](NC(=O)CC[C@@H](C)[C@H]2CCC3C4CCC5CCCC[C@]5(C)C4CC[C@@]32C)CN1C(=O)OC(C)(C)C. The number of ether oxygens (including phenoxy) is 2. The van der Waals surface area contributed by atoms with Crippen LogP contribution in [0.4, 0.5) is 4.79 Å². The molecular formula is C35H58N2O5. The Kier molecular flexibility index (Phi) is 9.00. The van der Waals surface area contributed by atoms with Crippen molar-refractivity contribution in [3.8, 4) is 0 Å². The Labute approximate surface area is 254 Å². The zero-order valence-electron chi connectivity index (χ0n) is 27.5. The van der Waals surface area contributed by atoms with Crippen LogP contribution in [0.2, 0.25) is 0 Å². The first kappa shape index (κ1) is 31.6. The van der Waals surface area contributed by atoms with E-state index in [0.717, 1.165) is 30.1 Å². The Balaban J connectivity index is 1.15. The van der Waals surface area contributed by atoms with Crippen molar-refractivity contribution in [2.24, 2.45) is 46.3 Å². The highest BCUT2D eigenvalue weighted by Crippen LogP contribution is 2.68. The third-order valence-electron chi connectivity index (χ3n) is 12.9. The standard InChI is InChI=1S/C35H58N2O5/c1-22(11-16-30(38)36-24-20-29(31(39)41-7)37(21-24)32(40)42-33(2,3)4)26-14-15-27-25-13-12-23-10-8-9-18-34(23,5)28(25)17-19-35(26,27)6/h22-29H,8-21H2,1-7H3,(H,36,38)/t22-,23?,24+,25?,26-,27?,28?,29+,34+,35-/m1/s1. The van der Waals surface area contributed by atoms with Gasteiger partial charge < -0.3 is 14.8 Å². The van der Waals surface area contributed by atoms with E-state index in [4.69, 9.17) is 9.47 Å². The van der Waals surface area contributed by atoms with Crippen molar-refractivity contribution in [1.29, 1.82) is 0 Å². The van der Waals surface area contributed by atoms with Crippen LogP contribution in [0.3, 0.4) is 0 Å². The van der Waals surface area contributed by atoms with Gasteiger partial charge in [-0.1, -0.05) is 33.6 Å². The average molecular weight is 587 g/mol. The minimum atomic E-state index is -0.745. The maximum absolute atomic E-state index is 13.1. The van der Waals surface area contributed by atoms with E-state index in [0.29, 0.717) is 35.5 Å². The summed E-state index contributed by atoms with van der Waals surface area (Å²) in [4.78, 5) is 39.7.